The van der Waals surface area contributed by atoms with E-state index >= 15 is 4.39 Å². The Bertz CT molecular complexity index is 1190. The van der Waals surface area contributed by atoms with Crippen LogP contribution >= 0.6 is 0 Å². The number of nitrogens with zero attached hydrogens (tertiary/aromatic N) is 3. The highest BCUT2D eigenvalue weighted by atomic mass is 19.1. The molecule has 10 heteroatoms. The lowest BCUT2D eigenvalue weighted by atomic mass is 10.1. The van der Waals surface area contributed by atoms with Gasteiger partial charge in [-0.1, -0.05) is 0 Å². The molecular formula is C24H30FN3O6. The van der Waals surface area contributed by atoms with Gasteiger partial charge in [-0.05, 0) is 33.9 Å². The Morgan fingerprint density at radius 3 is 2.65 bits per heavy atom. The lowest BCUT2D eigenvalue weighted by molar-refractivity contribution is -0.142. The summed E-state index contributed by atoms with van der Waals surface area (Å²) in [5.74, 6) is -1.69. The molecule has 9 nitrogen and oxygen atoms in total. The van der Waals surface area contributed by atoms with Gasteiger partial charge in [0, 0.05) is 32.4 Å². The topological polar surface area (TPSA) is 82.5 Å². The molecule has 0 spiro atoms. The molecule has 1 aromatic heterocycles. The van der Waals surface area contributed by atoms with E-state index < -0.39 is 29.1 Å². The van der Waals surface area contributed by atoms with Crippen molar-refractivity contribution in [3.8, 4) is 5.75 Å². The predicted molar refractivity (Wildman–Crippen MR) is 123 cm³/mol. The standard InChI is InChI=1S/C24H30FN3O6/c1-14-11-31-22-19-16(9-18(25)20(22)27-7-5-26(4)6-8-27)21(29)17(10-28(14)19)23(30)32-12-15-13-33-24(2,3)34-15/h9-10,14-15H,5-8,11-13H2,1-4H3/t14-,15?/m0/s1. The first-order valence-corrected chi connectivity index (χ1v) is 11.6. The van der Waals surface area contributed by atoms with Crippen LogP contribution in [-0.2, 0) is 14.2 Å². The number of hydrogen-bond acceptors (Lipinski definition) is 8. The third-order valence-corrected chi connectivity index (χ3v) is 6.65. The van der Waals surface area contributed by atoms with Gasteiger partial charge in [-0.3, -0.25) is 4.79 Å². The van der Waals surface area contributed by atoms with Gasteiger partial charge < -0.3 is 33.3 Å². The zero-order chi connectivity index (χ0) is 24.2. The summed E-state index contributed by atoms with van der Waals surface area (Å²) in [5.41, 5.74) is 0.155. The summed E-state index contributed by atoms with van der Waals surface area (Å²) in [7, 11) is 2.03. The monoisotopic (exact) mass is 475 g/mol. The predicted octanol–water partition coefficient (Wildman–Crippen LogP) is 2.15. The van der Waals surface area contributed by atoms with Crippen molar-refractivity contribution in [2.24, 2.45) is 0 Å². The number of rotatable bonds is 4. The fourth-order valence-corrected chi connectivity index (χ4v) is 4.77. The minimum atomic E-state index is -0.771. The molecule has 0 amide bonds. The second-order valence-electron chi connectivity index (χ2n) is 9.71. The first-order valence-electron chi connectivity index (χ1n) is 11.6. The van der Waals surface area contributed by atoms with Crippen molar-refractivity contribution in [1.82, 2.24) is 9.47 Å². The zero-order valence-electron chi connectivity index (χ0n) is 19.9. The molecule has 34 heavy (non-hydrogen) atoms. The number of piperazine rings is 1. The molecule has 0 N–H and O–H groups in total. The maximum absolute atomic E-state index is 15.4. The molecule has 0 bridgehead atoms. The van der Waals surface area contributed by atoms with Crippen molar-refractivity contribution < 1.29 is 28.1 Å². The maximum Gasteiger partial charge on any atom is 0.343 e. The highest BCUT2D eigenvalue weighted by Crippen LogP contribution is 2.42. The van der Waals surface area contributed by atoms with E-state index in [0.717, 1.165) is 13.1 Å². The van der Waals surface area contributed by atoms with Crippen LogP contribution < -0.4 is 15.1 Å². The number of esters is 1. The lowest BCUT2D eigenvalue weighted by Crippen LogP contribution is -2.45. The highest BCUT2D eigenvalue weighted by Gasteiger charge is 2.34. The maximum atomic E-state index is 15.4. The summed E-state index contributed by atoms with van der Waals surface area (Å²) < 4.78 is 39.7. The van der Waals surface area contributed by atoms with Crippen molar-refractivity contribution in [3.63, 3.8) is 0 Å². The van der Waals surface area contributed by atoms with Crippen LogP contribution in [0, 0.1) is 5.82 Å². The first-order chi connectivity index (χ1) is 16.1. The number of hydrogen-bond donors (Lipinski definition) is 0. The normalized spacial score (nSPS) is 24.3. The Labute approximate surface area is 196 Å². The molecule has 1 unspecified atom stereocenters. The van der Waals surface area contributed by atoms with E-state index in [0.29, 0.717) is 43.3 Å². The number of halogens is 1. The molecule has 184 valence electrons. The summed E-state index contributed by atoms with van der Waals surface area (Å²) in [6.45, 7) is 8.95. The molecule has 2 atom stereocenters. The van der Waals surface area contributed by atoms with Crippen LogP contribution in [0.5, 0.6) is 5.75 Å². The van der Waals surface area contributed by atoms with Gasteiger partial charge in [0.25, 0.3) is 0 Å². The summed E-state index contributed by atoms with van der Waals surface area (Å²) in [6.07, 6.45) is 1.09. The van der Waals surface area contributed by atoms with Gasteiger partial charge in [0.1, 0.15) is 30.6 Å². The van der Waals surface area contributed by atoms with Gasteiger partial charge in [-0.15, -0.1) is 0 Å². The van der Waals surface area contributed by atoms with Gasteiger partial charge in [0.05, 0.1) is 23.6 Å². The van der Waals surface area contributed by atoms with Gasteiger partial charge in [0.15, 0.2) is 17.4 Å². The van der Waals surface area contributed by atoms with Gasteiger partial charge >= 0.3 is 5.97 Å². The lowest BCUT2D eigenvalue weighted by Gasteiger charge is -2.37. The average Bonchev–Trinajstić information content (AvgIpc) is 3.15. The second-order valence-corrected chi connectivity index (χ2v) is 9.71. The van der Waals surface area contributed by atoms with Crippen molar-refractivity contribution in [2.45, 2.75) is 38.7 Å². The van der Waals surface area contributed by atoms with Crippen LogP contribution in [0.25, 0.3) is 10.9 Å². The average molecular weight is 476 g/mol. The molecule has 4 heterocycles. The number of anilines is 1. The van der Waals surface area contributed by atoms with E-state index in [1.807, 2.05) is 23.4 Å². The third-order valence-electron chi connectivity index (χ3n) is 6.65. The number of ether oxygens (including phenoxy) is 4. The fourth-order valence-electron chi connectivity index (χ4n) is 4.77. The molecule has 0 aliphatic carbocycles. The summed E-state index contributed by atoms with van der Waals surface area (Å²) in [5, 5.41) is 0.105. The molecule has 2 fully saturated rings. The van der Waals surface area contributed by atoms with E-state index in [4.69, 9.17) is 18.9 Å². The van der Waals surface area contributed by atoms with Crippen LogP contribution in [0.2, 0.25) is 0 Å². The summed E-state index contributed by atoms with van der Waals surface area (Å²) in [6, 6.07) is 1.07. The number of carbonyl (C=O) groups excluding carboxylic acids is 1. The number of aromatic nitrogens is 1. The molecule has 2 saturated heterocycles. The Kier molecular flexibility index (Phi) is 5.78. The van der Waals surface area contributed by atoms with Gasteiger partial charge in [-0.25, -0.2) is 9.18 Å². The molecule has 3 aliphatic rings. The van der Waals surface area contributed by atoms with Gasteiger partial charge in [-0.2, -0.15) is 0 Å². The first kappa shape index (κ1) is 23.1. The highest BCUT2D eigenvalue weighted by molar-refractivity contribution is 5.98. The fraction of sp³-hybridized carbons (Fsp3) is 0.583. The molecule has 1 aromatic carbocycles. The number of carbonyl (C=O) groups is 1. The largest absolute Gasteiger partial charge is 0.487 e. The summed E-state index contributed by atoms with van der Waals surface area (Å²) in [4.78, 5) is 30.3. The Morgan fingerprint density at radius 2 is 1.97 bits per heavy atom. The quantitative estimate of drug-likeness (QED) is 0.623. The zero-order valence-corrected chi connectivity index (χ0v) is 19.9. The Hall–Kier alpha value is -2.69. The van der Waals surface area contributed by atoms with E-state index in [9.17, 15) is 9.59 Å². The minimum absolute atomic E-state index is 0.0413. The SMILES string of the molecule is C[C@H]1COc2c(N3CCN(C)CC3)c(F)cc3c(=O)c(C(=O)OCC4COC(C)(C)O4)cn1c23. The molecular weight excluding hydrogens is 445 g/mol. The molecule has 5 rings (SSSR count). The van der Waals surface area contributed by atoms with E-state index in [1.165, 1.54) is 12.3 Å². The van der Waals surface area contributed by atoms with E-state index in [1.54, 1.807) is 13.8 Å². The number of likely N-dealkylation sites (N-methyl/N-ethyl adjacent to an activating group) is 1. The van der Waals surface area contributed by atoms with Gasteiger partial charge in [0.2, 0.25) is 5.43 Å². The third kappa shape index (κ3) is 4.03. The molecule has 0 radical (unpaired) electrons. The van der Waals surface area contributed by atoms with Crippen LogP contribution in [0.1, 0.15) is 37.2 Å². The molecule has 3 aliphatic heterocycles. The van der Waals surface area contributed by atoms with Crippen LogP contribution in [0.4, 0.5) is 10.1 Å². The number of benzene rings is 1. The van der Waals surface area contributed by atoms with E-state index in [2.05, 4.69) is 4.90 Å². The Morgan fingerprint density at radius 1 is 1.24 bits per heavy atom. The van der Waals surface area contributed by atoms with Crippen molar-refractivity contribution in [2.75, 3.05) is 57.9 Å². The van der Waals surface area contributed by atoms with Crippen molar-refractivity contribution >= 4 is 22.6 Å². The molecule has 2 aromatic rings. The van der Waals surface area contributed by atoms with Crippen molar-refractivity contribution in [3.05, 3.63) is 33.9 Å². The molecule has 0 saturated carbocycles. The van der Waals surface area contributed by atoms with Crippen LogP contribution in [0.3, 0.4) is 0 Å². The van der Waals surface area contributed by atoms with E-state index in [-0.39, 0.29) is 23.6 Å². The number of pyridine rings is 1. The Balaban J connectivity index is 1.51. The smallest absolute Gasteiger partial charge is 0.343 e. The van der Waals surface area contributed by atoms with Crippen LogP contribution in [0.15, 0.2) is 17.1 Å². The van der Waals surface area contributed by atoms with Crippen LogP contribution in [-0.4, -0.2) is 80.4 Å². The summed E-state index contributed by atoms with van der Waals surface area (Å²) >= 11 is 0. The minimum Gasteiger partial charge on any atom is -0.487 e. The van der Waals surface area contributed by atoms with Crippen molar-refractivity contribution in [1.29, 1.82) is 0 Å². The second kappa shape index (κ2) is 8.51.